The van der Waals surface area contributed by atoms with Crippen LogP contribution in [0.15, 0.2) is 0 Å². The van der Waals surface area contributed by atoms with Crippen LogP contribution in [0.2, 0.25) is 0 Å². The quantitative estimate of drug-likeness (QED) is 0.588. The minimum Gasteiger partial charge on any atom is -0.481 e. The van der Waals surface area contributed by atoms with E-state index in [2.05, 4.69) is 5.32 Å². The molecule has 1 heterocycles. The first kappa shape index (κ1) is 8.39. The van der Waals surface area contributed by atoms with Gasteiger partial charge in [0, 0.05) is 19.5 Å². The summed E-state index contributed by atoms with van der Waals surface area (Å²) in [7, 11) is 0. The molecule has 1 fully saturated rings. The van der Waals surface area contributed by atoms with Gasteiger partial charge in [-0.05, 0) is 0 Å². The molecule has 0 unspecified atom stereocenters. The van der Waals surface area contributed by atoms with Crippen LogP contribution in [-0.2, 0) is 4.79 Å². The summed E-state index contributed by atoms with van der Waals surface area (Å²) in [6.07, 6.45) is -0.385. The molecule has 0 bridgehead atoms. The number of carbonyl (C=O) groups is 1. The lowest BCUT2D eigenvalue weighted by atomic mass is 9.95. The second-order valence-corrected chi connectivity index (χ2v) is 2.61. The minimum atomic E-state index is -3.04. The normalized spacial score (nSPS) is 29.8. The zero-order valence-electron chi connectivity index (χ0n) is 5.81. The molecule has 0 aromatic rings. The van der Waals surface area contributed by atoms with Crippen LogP contribution in [-0.4, -0.2) is 30.1 Å². The molecule has 0 spiro atoms. The molecule has 3 nitrogen and oxygen atoms in total. The monoisotopic (exact) mass is 165 g/mol. The highest BCUT2D eigenvalue weighted by atomic mass is 19.3. The largest absolute Gasteiger partial charge is 0.481 e. The number of piperidine rings is 1. The van der Waals surface area contributed by atoms with E-state index in [4.69, 9.17) is 5.11 Å². The zero-order chi connectivity index (χ0) is 8.48. The van der Waals surface area contributed by atoms with Crippen molar-refractivity contribution >= 4 is 5.97 Å². The number of carboxylic acid groups (broad SMARTS) is 1. The summed E-state index contributed by atoms with van der Waals surface area (Å²) in [6.45, 7) is 0.0547. The number of halogens is 2. The van der Waals surface area contributed by atoms with Gasteiger partial charge in [-0.15, -0.1) is 0 Å². The molecule has 11 heavy (non-hydrogen) atoms. The molecule has 1 rings (SSSR count). The molecule has 0 saturated carbocycles. The molecule has 1 saturated heterocycles. The van der Waals surface area contributed by atoms with Crippen LogP contribution in [0.25, 0.3) is 0 Å². The van der Waals surface area contributed by atoms with Gasteiger partial charge in [-0.25, -0.2) is 8.78 Å². The standard InChI is InChI=1S/C6H9F2NO2/c7-6(8)1-2-9-3-4(6)5(10)11/h4,9H,1-3H2,(H,10,11)/t4-/m0/s1. The van der Waals surface area contributed by atoms with Crippen molar-refractivity contribution in [2.24, 2.45) is 5.92 Å². The molecule has 0 aliphatic carbocycles. The zero-order valence-corrected chi connectivity index (χ0v) is 5.81. The highest BCUT2D eigenvalue weighted by molar-refractivity contribution is 5.71. The third-order valence-corrected chi connectivity index (χ3v) is 1.79. The number of nitrogens with one attached hydrogen (secondary N) is 1. The van der Waals surface area contributed by atoms with E-state index in [0.29, 0.717) is 0 Å². The average Bonchev–Trinajstić information content (AvgIpc) is 1.85. The van der Waals surface area contributed by atoms with Crippen LogP contribution >= 0.6 is 0 Å². The molecule has 5 heteroatoms. The van der Waals surface area contributed by atoms with Crippen LogP contribution in [0.5, 0.6) is 0 Å². The smallest absolute Gasteiger partial charge is 0.313 e. The van der Waals surface area contributed by atoms with Gasteiger partial charge in [-0.2, -0.15) is 0 Å². The third-order valence-electron chi connectivity index (χ3n) is 1.79. The summed E-state index contributed by atoms with van der Waals surface area (Å²) in [5.41, 5.74) is 0. The molecule has 1 aliphatic heterocycles. The predicted octanol–water partition coefficient (Wildman–Crippen LogP) is 0.316. The van der Waals surface area contributed by atoms with Gasteiger partial charge in [0.2, 0.25) is 0 Å². The van der Waals surface area contributed by atoms with Crippen molar-refractivity contribution in [2.75, 3.05) is 13.1 Å². The van der Waals surface area contributed by atoms with E-state index in [1.54, 1.807) is 0 Å². The molecule has 1 atom stereocenters. The lowest BCUT2D eigenvalue weighted by Crippen LogP contribution is -2.48. The topological polar surface area (TPSA) is 49.3 Å². The SMILES string of the molecule is O=C(O)[C@@H]1CNCCC1(F)F. The first-order valence-electron chi connectivity index (χ1n) is 3.35. The number of alkyl halides is 2. The number of rotatable bonds is 1. The van der Waals surface area contributed by atoms with Crippen LogP contribution in [0, 0.1) is 5.92 Å². The number of aliphatic carboxylic acids is 1. The first-order valence-corrected chi connectivity index (χ1v) is 3.35. The number of hydrogen-bond donors (Lipinski definition) is 2. The lowest BCUT2D eigenvalue weighted by Gasteiger charge is -2.28. The van der Waals surface area contributed by atoms with Crippen LogP contribution in [0.4, 0.5) is 8.78 Å². The Balaban J connectivity index is 2.67. The summed E-state index contributed by atoms with van der Waals surface area (Å²) < 4.78 is 25.4. The lowest BCUT2D eigenvalue weighted by molar-refractivity contribution is -0.160. The van der Waals surface area contributed by atoms with Gasteiger partial charge in [0.15, 0.2) is 0 Å². The maximum absolute atomic E-state index is 12.7. The second-order valence-electron chi connectivity index (χ2n) is 2.61. The summed E-state index contributed by atoms with van der Waals surface area (Å²) in [4.78, 5) is 10.2. The van der Waals surface area contributed by atoms with E-state index in [9.17, 15) is 13.6 Å². The summed E-state index contributed by atoms with van der Waals surface area (Å²) in [5, 5.41) is 11.0. The van der Waals surface area contributed by atoms with Crippen LogP contribution in [0.3, 0.4) is 0 Å². The Hall–Kier alpha value is -0.710. The highest BCUT2D eigenvalue weighted by Gasteiger charge is 2.45. The first-order chi connectivity index (χ1) is 5.04. The van der Waals surface area contributed by atoms with Crippen molar-refractivity contribution in [3.63, 3.8) is 0 Å². The van der Waals surface area contributed by atoms with Gasteiger partial charge in [0.05, 0.1) is 0 Å². The van der Waals surface area contributed by atoms with Crippen molar-refractivity contribution in [3.8, 4) is 0 Å². The van der Waals surface area contributed by atoms with Crippen LogP contribution in [0.1, 0.15) is 6.42 Å². The average molecular weight is 165 g/mol. The van der Waals surface area contributed by atoms with E-state index in [0.717, 1.165) is 0 Å². The number of hydrogen-bond acceptors (Lipinski definition) is 2. The van der Waals surface area contributed by atoms with E-state index in [1.807, 2.05) is 0 Å². The van der Waals surface area contributed by atoms with Crippen LogP contribution < -0.4 is 5.32 Å². The maximum atomic E-state index is 12.7. The van der Waals surface area contributed by atoms with Crippen molar-refractivity contribution in [2.45, 2.75) is 12.3 Å². The van der Waals surface area contributed by atoms with Gasteiger partial charge < -0.3 is 10.4 Å². The van der Waals surface area contributed by atoms with E-state index in [-0.39, 0.29) is 19.5 Å². The molecule has 0 amide bonds. The van der Waals surface area contributed by atoms with Gasteiger partial charge in [-0.3, -0.25) is 4.79 Å². The van der Waals surface area contributed by atoms with Crippen molar-refractivity contribution < 1.29 is 18.7 Å². The summed E-state index contributed by atoms with van der Waals surface area (Å²) in [5.74, 6) is -6.03. The Morgan fingerprint density at radius 3 is 2.64 bits per heavy atom. The van der Waals surface area contributed by atoms with Gasteiger partial charge >= 0.3 is 5.97 Å². The third kappa shape index (κ3) is 1.65. The molecule has 64 valence electrons. The van der Waals surface area contributed by atoms with Crippen molar-refractivity contribution in [1.29, 1.82) is 0 Å². The van der Waals surface area contributed by atoms with E-state index >= 15 is 0 Å². The van der Waals surface area contributed by atoms with Gasteiger partial charge in [0.25, 0.3) is 5.92 Å². The summed E-state index contributed by atoms with van der Waals surface area (Å²) in [6, 6.07) is 0. The molecule has 2 N–H and O–H groups in total. The molecule has 0 radical (unpaired) electrons. The Kier molecular flexibility index (Phi) is 2.08. The molecule has 0 aromatic carbocycles. The molecule has 0 aromatic heterocycles. The molecular weight excluding hydrogens is 156 g/mol. The maximum Gasteiger partial charge on any atom is 0.313 e. The minimum absolute atomic E-state index is 0.137. The van der Waals surface area contributed by atoms with Gasteiger partial charge in [0.1, 0.15) is 5.92 Å². The van der Waals surface area contributed by atoms with E-state index in [1.165, 1.54) is 0 Å². The Labute approximate surface area is 62.4 Å². The Bertz CT molecular complexity index is 172. The highest BCUT2D eigenvalue weighted by Crippen LogP contribution is 2.30. The second kappa shape index (κ2) is 2.73. The Morgan fingerprint density at radius 2 is 2.27 bits per heavy atom. The number of carboxylic acids is 1. The molecule has 1 aliphatic rings. The fourth-order valence-electron chi connectivity index (χ4n) is 1.09. The van der Waals surface area contributed by atoms with Gasteiger partial charge in [-0.1, -0.05) is 0 Å². The summed E-state index contributed by atoms with van der Waals surface area (Å²) >= 11 is 0. The predicted molar refractivity (Wildman–Crippen MR) is 33.6 cm³/mol. The van der Waals surface area contributed by atoms with E-state index < -0.39 is 17.8 Å². The fourth-order valence-corrected chi connectivity index (χ4v) is 1.09. The Morgan fingerprint density at radius 1 is 1.64 bits per heavy atom. The van der Waals surface area contributed by atoms with Crippen molar-refractivity contribution in [1.82, 2.24) is 5.32 Å². The fraction of sp³-hybridized carbons (Fsp3) is 0.833. The van der Waals surface area contributed by atoms with Crippen molar-refractivity contribution in [3.05, 3.63) is 0 Å². The molecular formula is C6H9F2NO2.